The highest BCUT2D eigenvalue weighted by Crippen LogP contribution is 2.29. The van der Waals surface area contributed by atoms with Gasteiger partial charge in [0.05, 0.1) is 38.0 Å². The molecule has 0 bridgehead atoms. The first-order chi connectivity index (χ1) is 21.9. The number of alkyl halides is 1. The molecule has 3 atom stereocenters. The zero-order chi connectivity index (χ0) is 31.3. The summed E-state index contributed by atoms with van der Waals surface area (Å²) >= 11 is 0. The number of benzene rings is 2. The van der Waals surface area contributed by atoms with Crippen LogP contribution in [0.5, 0.6) is 5.75 Å². The summed E-state index contributed by atoms with van der Waals surface area (Å²) < 4.78 is 26.1. The number of piperazine rings is 1. The molecule has 0 spiro atoms. The lowest BCUT2D eigenvalue weighted by Gasteiger charge is -2.46. The van der Waals surface area contributed by atoms with Gasteiger partial charge in [0.15, 0.2) is 12.0 Å². The fraction of sp³-hybridized carbons (Fsp3) is 0.469. The van der Waals surface area contributed by atoms with Crippen molar-refractivity contribution in [2.24, 2.45) is 0 Å². The van der Waals surface area contributed by atoms with Crippen molar-refractivity contribution in [2.45, 2.75) is 44.1 Å². The number of amides is 1. The minimum Gasteiger partial charge on any atom is -0.486 e. The average molecular weight is 617 g/mol. The Balaban J connectivity index is 1.08. The zero-order valence-electron chi connectivity index (χ0n) is 25.2. The minimum atomic E-state index is -1.42. The lowest BCUT2D eigenvalue weighted by atomic mass is 10.0. The first-order valence-electron chi connectivity index (χ1n) is 15.3. The number of aromatic nitrogens is 3. The van der Waals surface area contributed by atoms with E-state index in [1.165, 1.54) is 16.9 Å². The molecule has 3 fully saturated rings. The van der Waals surface area contributed by atoms with Gasteiger partial charge in [-0.3, -0.25) is 9.69 Å². The number of aliphatic hydroxyl groups excluding tert-OH is 1. The molecule has 3 aliphatic rings. The molecule has 45 heavy (non-hydrogen) atoms. The number of nitrogens with zero attached hydrogens (tertiary/aromatic N) is 7. The third-order valence-electron chi connectivity index (χ3n) is 8.62. The Labute approximate surface area is 261 Å². The van der Waals surface area contributed by atoms with E-state index in [2.05, 4.69) is 55.2 Å². The molecule has 12 nitrogen and oxygen atoms in total. The molecular weight excluding hydrogens is 579 g/mol. The van der Waals surface area contributed by atoms with E-state index in [0.717, 1.165) is 38.5 Å². The van der Waals surface area contributed by atoms with Crippen LogP contribution in [0.15, 0.2) is 48.8 Å². The number of anilines is 3. The van der Waals surface area contributed by atoms with Crippen LogP contribution in [0.3, 0.4) is 0 Å². The molecule has 0 aliphatic carbocycles. The summed E-state index contributed by atoms with van der Waals surface area (Å²) in [4.78, 5) is 31.5. The van der Waals surface area contributed by atoms with Crippen LogP contribution < -0.4 is 15.0 Å². The zero-order valence-corrected chi connectivity index (χ0v) is 25.2. The molecular formula is C32H37FN8O4. The molecule has 3 aromatic rings. The second-order valence-electron chi connectivity index (χ2n) is 11.6. The number of ether oxygens (including phenoxy) is 2. The van der Waals surface area contributed by atoms with Crippen molar-refractivity contribution < 1.29 is 23.8 Å². The number of likely N-dealkylation sites (tertiary alicyclic amines) is 1. The van der Waals surface area contributed by atoms with Crippen molar-refractivity contribution in [2.75, 3.05) is 62.8 Å². The van der Waals surface area contributed by atoms with Crippen LogP contribution in [0.1, 0.15) is 25.3 Å². The standard InChI is InChI=1S/C32H37FN8O4/c1-21-16-39(26-18-44-19-26)11-12-41(21)25-5-3-24(4-6-25)37-32-36-20-35-31(38-32)22-2-7-28(23(14-22)15-34)45-29-8-10-40(17-27(29)33)30(43)9-13-42/h2-7,14,20-21,26-27,29,42H,8-13,16-19H2,1H3,(H,35,36,37,38)/t21?,27-,29+/m1/s1. The molecule has 0 saturated carbocycles. The summed E-state index contributed by atoms with van der Waals surface area (Å²) in [5, 5.41) is 22.0. The lowest BCUT2D eigenvalue weighted by Crippen LogP contribution is -2.59. The Morgan fingerprint density at radius 1 is 1.16 bits per heavy atom. The predicted molar refractivity (Wildman–Crippen MR) is 165 cm³/mol. The van der Waals surface area contributed by atoms with E-state index in [4.69, 9.17) is 14.6 Å². The van der Waals surface area contributed by atoms with Gasteiger partial charge in [-0.1, -0.05) is 0 Å². The van der Waals surface area contributed by atoms with Crippen molar-refractivity contribution >= 4 is 23.2 Å². The van der Waals surface area contributed by atoms with Crippen LogP contribution in [0.25, 0.3) is 11.4 Å². The second-order valence-corrected chi connectivity index (χ2v) is 11.6. The Kier molecular flexibility index (Phi) is 9.34. The van der Waals surface area contributed by atoms with Crippen molar-refractivity contribution in [3.8, 4) is 23.2 Å². The van der Waals surface area contributed by atoms with Gasteiger partial charge in [-0.05, 0) is 49.4 Å². The van der Waals surface area contributed by atoms with E-state index in [9.17, 15) is 14.4 Å². The van der Waals surface area contributed by atoms with Crippen LogP contribution >= 0.6 is 0 Å². The van der Waals surface area contributed by atoms with Gasteiger partial charge in [0.2, 0.25) is 11.9 Å². The fourth-order valence-corrected chi connectivity index (χ4v) is 6.01. The highest BCUT2D eigenvalue weighted by molar-refractivity contribution is 5.76. The van der Waals surface area contributed by atoms with Gasteiger partial charge in [-0.2, -0.15) is 10.2 Å². The van der Waals surface area contributed by atoms with Crippen molar-refractivity contribution in [1.29, 1.82) is 5.26 Å². The van der Waals surface area contributed by atoms with Gasteiger partial charge in [0.1, 0.15) is 24.3 Å². The first kappa shape index (κ1) is 30.6. The SMILES string of the molecule is CC1CN(C2COC2)CCN1c1ccc(Nc2ncnc(-c3ccc(O[C@H]4CCN(C(=O)CCO)C[C@H]4F)c(C#N)c3)n2)cc1. The summed E-state index contributed by atoms with van der Waals surface area (Å²) in [6, 6.07) is 16.2. The average Bonchev–Trinajstić information content (AvgIpc) is 3.02. The van der Waals surface area contributed by atoms with Crippen molar-refractivity contribution in [3.05, 3.63) is 54.4 Å². The number of nitriles is 1. The van der Waals surface area contributed by atoms with E-state index in [-0.39, 0.29) is 43.2 Å². The first-order valence-corrected chi connectivity index (χ1v) is 15.3. The summed E-state index contributed by atoms with van der Waals surface area (Å²) in [6.45, 7) is 6.88. The van der Waals surface area contributed by atoms with Gasteiger partial charge in [0.25, 0.3) is 0 Å². The molecule has 3 aliphatic heterocycles. The Morgan fingerprint density at radius 2 is 1.98 bits per heavy atom. The molecule has 6 rings (SSSR count). The van der Waals surface area contributed by atoms with Crippen LogP contribution in [-0.4, -0.2) is 113 Å². The number of halogens is 1. The highest BCUT2D eigenvalue weighted by Gasteiger charge is 2.34. The van der Waals surface area contributed by atoms with Crippen LogP contribution in [0.2, 0.25) is 0 Å². The van der Waals surface area contributed by atoms with Crippen molar-refractivity contribution in [1.82, 2.24) is 24.8 Å². The van der Waals surface area contributed by atoms with Gasteiger partial charge < -0.3 is 29.7 Å². The van der Waals surface area contributed by atoms with Crippen LogP contribution in [-0.2, 0) is 9.53 Å². The maximum absolute atomic E-state index is 14.9. The summed E-state index contributed by atoms with van der Waals surface area (Å²) in [5.74, 6) is 0.696. The number of carbonyl (C=O) groups is 1. The lowest BCUT2D eigenvalue weighted by molar-refractivity contribution is -0.135. The quantitative estimate of drug-likeness (QED) is 0.367. The third-order valence-corrected chi connectivity index (χ3v) is 8.62. The third kappa shape index (κ3) is 6.98. The molecule has 1 unspecified atom stereocenters. The largest absolute Gasteiger partial charge is 0.486 e. The molecule has 2 aromatic carbocycles. The summed E-state index contributed by atoms with van der Waals surface area (Å²) in [7, 11) is 0. The van der Waals surface area contributed by atoms with Crippen molar-refractivity contribution in [3.63, 3.8) is 0 Å². The number of rotatable bonds is 9. The van der Waals surface area contributed by atoms with E-state index >= 15 is 0 Å². The molecule has 2 N–H and O–H groups in total. The Morgan fingerprint density at radius 3 is 2.67 bits per heavy atom. The second kappa shape index (κ2) is 13.7. The van der Waals surface area contributed by atoms with Crippen LogP contribution in [0, 0.1) is 11.3 Å². The fourth-order valence-electron chi connectivity index (χ4n) is 6.01. The molecule has 1 aromatic heterocycles. The highest BCUT2D eigenvalue weighted by atomic mass is 19.1. The molecule has 0 radical (unpaired) electrons. The van der Waals surface area contributed by atoms with Crippen LogP contribution in [0.4, 0.5) is 21.7 Å². The number of aliphatic hydroxyl groups is 1. The molecule has 236 valence electrons. The smallest absolute Gasteiger partial charge is 0.230 e. The monoisotopic (exact) mass is 616 g/mol. The van der Waals surface area contributed by atoms with E-state index in [1.54, 1.807) is 18.2 Å². The van der Waals surface area contributed by atoms with E-state index < -0.39 is 12.3 Å². The number of carbonyl (C=O) groups excluding carboxylic acids is 1. The number of nitrogens with one attached hydrogen (secondary N) is 1. The Hall–Kier alpha value is -4.38. The normalized spacial score (nSPS) is 22.4. The van der Waals surface area contributed by atoms with Gasteiger partial charge in [0, 0.05) is 62.0 Å². The van der Waals surface area contributed by atoms with E-state index in [0.29, 0.717) is 36.0 Å². The van der Waals surface area contributed by atoms with E-state index in [1.807, 2.05) is 12.1 Å². The molecule has 3 saturated heterocycles. The van der Waals surface area contributed by atoms with Gasteiger partial charge in [-0.15, -0.1) is 0 Å². The molecule has 4 heterocycles. The van der Waals surface area contributed by atoms with Gasteiger partial charge >= 0.3 is 0 Å². The number of piperidine rings is 1. The maximum atomic E-state index is 14.9. The number of hydrogen-bond acceptors (Lipinski definition) is 11. The van der Waals surface area contributed by atoms with Gasteiger partial charge in [-0.25, -0.2) is 14.4 Å². The summed E-state index contributed by atoms with van der Waals surface area (Å²) in [5.41, 5.74) is 2.81. The minimum absolute atomic E-state index is 0.0344. The topological polar surface area (TPSA) is 140 Å². The number of hydrogen-bond donors (Lipinski definition) is 2. The molecule has 1 amide bonds. The predicted octanol–water partition coefficient (Wildman–Crippen LogP) is 2.76. The summed E-state index contributed by atoms with van der Waals surface area (Å²) in [6.07, 6.45) is -0.562. The molecule has 13 heteroatoms. The maximum Gasteiger partial charge on any atom is 0.230 e. The Bertz CT molecular complexity index is 1530.